The Bertz CT molecular complexity index is 457. The molecule has 1 aromatic rings. The van der Waals surface area contributed by atoms with Crippen LogP contribution >= 0.6 is 0 Å². The molecule has 0 bridgehead atoms. The van der Waals surface area contributed by atoms with E-state index in [1.165, 1.54) is 6.42 Å². The first-order valence-electron chi connectivity index (χ1n) is 7.92. The van der Waals surface area contributed by atoms with Crippen molar-refractivity contribution >= 4 is 11.5 Å². The smallest absolute Gasteiger partial charge is 0.239 e. The van der Waals surface area contributed by atoms with Crippen molar-refractivity contribution in [2.45, 2.75) is 51.6 Å². The third-order valence-electron chi connectivity index (χ3n) is 4.38. The van der Waals surface area contributed by atoms with Crippen LogP contribution in [-0.2, 0) is 0 Å². The number of pyridine rings is 1. The number of ether oxygens (including phenoxy) is 1. The summed E-state index contributed by atoms with van der Waals surface area (Å²) in [5.74, 6) is 1.91. The molecule has 0 aromatic carbocycles. The molecule has 0 spiro atoms. The summed E-state index contributed by atoms with van der Waals surface area (Å²) in [6.07, 6.45) is 5.13. The number of hydrogen-bond donors (Lipinski definition) is 3. The minimum Gasteiger partial charge on any atom is -0.476 e. The normalized spacial score (nSPS) is 25.6. The van der Waals surface area contributed by atoms with Crippen molar-refractivity contribution in [2.75, 3.05) is 24.2 Å². The van der Waals surface area contributed by atoms with Gasteiger partial charge in [0.15, 0.2) is 0 Å². The van der Waals surface area contributed by atoms with Gasteiger partial charge >= 0.3 is 0 Å². The van der Waals surface area contributed by atoms with Crippen molar-refractivity contribution in [2.24, 2.45) is 5.92 Å². The maximum atomic E-state index is 10.6. The van der Waals surface area contributed by atoms with Gasteiger partial charge in [0.25, 0.3) is 0 Å². The number of hydrogen-bond acceptors (Lipinski definition) is 5. The maximum Gasteiger partial charge on any atom is 0.239 e. The van der Waals surface area contributed by atoms with E-state index in [-0.39, 0.29) is 0 Å². The van der Waals surface area contributed by atoms with Gasteiger partial charge in [0, 0.05) is 6.54 Å². The second-order valence-corrected chi connectivity index (χ2v) is 5.95. The average Bonchev–Trinajstić information content (AvgIpc) is 2.49. The van der Waals surface area contributed by atoms with Crippen molar-refractivity contribution < 1.29 is 9.84 Å². The first-order chi connectivity index (χ1) is 10.1. The summed E-state index contributed by atoms with van der Waals surface area (Å²) in [5.41, 5.74) is 5.71. The van der Waals surface area contributed by atoms with Gasteiger partial charge in [-0.2, -0.15) is 4.98 Å². The summed E-state index contributed by atoms with van der Waals surface area (Å²) in [6, 6.07) is 3.59. The van der Waals surface area contributed by atoms with E-state index in [1.54, 1.807) is 6.07 Å². The molecule has 0 amide bonds. The number of rotatable bonds is 6. The fourth-order valence-electron chi connectivity index (χ4n) is 2.86. The highest BCUT2D eigenvalue weighted by atomic mass is 16.5. The molecule has 1 aliphatic carbocycles. The third kappa shape index (κ3) is 4.24. The number of nitrogens with two attached hydrogens (primary N) is 1. The molecule has 2 rings (SSSR count). The summed E-state index contributed by atoms with van der Waals surface area (Å²) < 4.78 is 5.38. The van der Waals surface area contributed by atoms with Gasteiger partial charge in [0.05, 0.1) is 17.9 Å². The van der Waals surface area contributed by atoms with Crippen LogP contribution in [0.1, 0.15) is 46.0 Å². The topological polar surface area (TPSA) is 80.4 Å². The molecular formula is C16H27N3O2. The molecule has 5 nitrogen and oxygen atoms in total. The quantitative estimate of drug-likeness (QED) is 0.751. The molecule has 1 heterocycles. The first kappa shape index (κ1) is 15.9. The fourth-order valence-corrected chi connectivity index (χ4v) is 2.86. The highest BCUT2D eigenvalue weighted by Crippen LogP contribution is 2.33. The van der Waals surface area contributed by atoms with Crippen LogP contribution in [0.3, 0.4) is 0 Å². The zero-order chi connectivity index (χ0) is 15.3. The summed E-state index contributed by atoms with van der Waals surface area (Å²) in [6.45, 7) is 5.17. The molecule has 1 fully saturated rings. The molecule has 5 heteroatoms. The van der Waals surface area contributed by atoms with E-state index in [0.717, 1.165) is 31.6 Å². The largest absolute Gasteiger partial charge is 0.476 e. The van der Waals surface area contributed by atoms with Crippen molar-refractivity contribution in [1.82, 2.24) is 4.98 Å². The van der Waals surface area contributed by atoms with Crippen LogP contribution in [-0.4, -0.2) is 28.8 Å². The maximum absolute atomic E-state index is 10.6. The Labute approximate surface area is 126 Å². The van der Waals surface area contributed by atoms with Crippen molar-refractivity contribution in [3.8, 4) is 5.88 Å². The van der Waals surface area contributed by atoms with E-state index in [0.29, 0.717) is 30.5 Å². The molecule has 0 saturated heterocycles. The Morgan fingerprint density at radius 1 is 1.38 bits per heavy atom. The van der Waals surface area contributed by atoms with E-state index in [2.05, 4.69) is 17.2 Å². The van der Waals surface area contributed by atoms with Gasteiger partial charge in [-0.1, -0.05) is 13.3 Å². The third-order valence-corrected chi connectivity index (χ3v) is 4.38. The monoisotopic (exact) mass is 293 g/mol. The Balaban J connectivity index is 1.92. The van der Waals surface area contributed by atoms with Crippen molar-refractivity contribution in [3.05, 3.63) is 12.1 Å². The standard InChI is InChI=1S/C16H27N3O2/c1-3-12-7-9-16(20,10-8-12)11-18-14-6-5-13(17)15(19-14)21-4-2/h5-6,12,20H,3-4,7-11,17H2,1-2H3,(H,18,19). The van der Waals surface area contributed by atoms with E-state index in [9.17, 15) is 5.11 Å². The second-order valence-electron chi connectivity index (χ2n) is 5.95. The highest BCUT2D eigenvalue weighted by molar-refractivity contribution is 5.53. The van der Waals surface area contributed by atoms with Crippen LogP contribution in [0, 0.1) is 5.92 Å². The molecule has 0 aliphatic heterocycles. The van der Waals surface area contributed by atoms with Gasteiger partial charge < -0.3 is 20.9 Å². The lowest BCUT2D eigenvalue weighted by Crippen LogP contribution is -2.40. The van der Waals surface area contributed by atoms with Gasteiger partial charge in [-0.3, -0.25) is 0 Å². The predicted octanol–water partition coefficient (Wildman–Crippen LogP) is 2.81. The molecule has 4 N–H and O–H groups in total. The van der Waals surface area contributed by atoms with E-state index < -0.39 is 5.60 Å². The minimum atomic E-state index is -0.624. The molecule has 0 atom stereocenters. The van der Waals surface area contributed by atoms with Gasteiger partial charge in [-0.15, -0.1) is 0 Å². The van der Waals surface area contributed by atoms with Crippen LogP contribution in [0.2, 0.25) is 0 Å². The summed E-state index contributed by atoms with van der Waals surface area (Å²) >= 11 is 0. The SMILES string of the molecule is CCOc1nc(NCC2(O)CCC(CC)CC2)ccc1N. The summed E-state index contributed by atoms with van der Waals surface area (Å²) in [7, 11) is 0. The number of aliphatic hydroxyl groups is 1. The Kier molecular flexibility index (Phi) is 5.28. The molecule has 1 saturated carbocycles. The number of anilines is 2. The minimum absolute atomic E-state index is 0.448. The number of nitrogen functional groups attached to an aromatic ring is 1. The highest BCUT2D eigenvalue weighted by Gasteiger charge is 2.32. The number of nitrogens with zero attached hydrogens (tertiary/aromatic N) is 1. The van der Waals surface area contributed by atoms with E-state index in [4.69, 9.17) is 10.5 Å². The number of aromatic nitrogens is 1. The van der Waals surface area contributed by atoms with Crippen molar-refractivity contribution in [3.63, 3.8) is 0 Å². The molecule has 1 aromatic heterocycles. The van der Waals surface area contributed by atoms with Crippen LogP contribution < -0.4 is 15.8 Å². The molecular weight excluding hydrogens is 266 g/mol. The molecule has 118 valence electrons. The van der Waals surface area contributed by atoms with E-state index in [1.807, 2.05) is 13.0 Å². The van der Waals surface area contributed by atoms with Crippen molar-refractivity contribution in [1.29, 1.82) is 0 Å². The Morgan fingerprint density at radius 2 is 2.10 bits per heavy atom. The van der Waals surface area contributed by atoms with Gasteiger partial charge in [-0.25, -0.2) is 0 Å². The molecule has 1 aliphatic rings. The lowest BCUT2D eigenvalue weighted by atomic mass is 9.78. The molecule has 0 unspecified atom stereocenters. The zero-order valence-corrected chi connectivity index (χ0v) is 13.1. The van der Waals surface area contributed by atoms with E-state index >= 15 is 0 Å². The predicted molar refractivity (Wildman–Crippen MR) is 85.5 cm³/mol. The Morgan fingerprint density at radius 3 is 2.71 bits per heavy atom. The Hall–Kier alpha value is -1.49. The lowest BCUT2D eigenvalue weighted by molar-refractivity contribution is 0.00222. The summed E-state index contributed by atoms with van der Waals surface area (Å²) in [5, 5.41) is 13.8. The average molecular weight is 293 g/mol. The fraction of sp³-hybridized carbons (Fsp3) is 0.688. The second kappa shape index (κ2) is 6.98. The molecule has 21 heavy (non-hydrogen) atoms. The van der Waals surface area contributed by atoms with Gasteiger partial charge in [0.1, 0.15) is 5.82 Å². The van der Waals surface area contributed by atoms with Crippen LogP contribution in [0.4, 0.5) is 11.5 Å². The lowest BCUT2D eigenvalue weighted by Gasteiger charge is -2.36. The summed E-state index contributed by atoms with van der Waals surface area (Å²) in [4.78, 5) is 4.34. The van der Waals surface area contributed by atoms with Gasteiger partial charge in [-0.05, 0) is 50.7 Å². The van der Waals surface area contributed by atoms with Crippen LogP contribution in [0.5, 0.6) is 5.88 Å². The number of nitrogens with one attached hydrogen (secondary N) is 1. The first-order valence-corrected chi connectivity index (χ1v) is 7.92. The molecule has 0 radical (unpaired) electrons. The van der Waals surface area contributed by atoms with Gasteiger partial charge in [0.2, 0.25) is 5.88 Å². The van der Waals surface area contributed by atoms with Crippen LogP contribution in [0.15, 0.2) is 12.1 Å². The van der Waals surface area contributed by atoms with Crippen LogP contribution in [0.25, 0.3) is 0 Å². The zero-order valence-electron chi connectivity index (χ0n) is 13.1.